The molecule has 21 heavy (non-hydrogen) atoms. The predicted molar refractivity (Wildman–Crippen MR) is 92.2 cm³/mol. The summed E-state index contributed by atoms with van der Waals surface area (Å²) in [4.78, 5) is 4.11. The molecular weight excluding hydrogens is 276 g/mol. The van der Waals surface area contributed by atoms with Crippen molar-refractivity contribution in [3.8, 4) is 0 Å². The number of hydrogen-bond donors (Lipinski definition) is 1. The number of rotatable bonds is 5. The molecular formula is C18H24N2S. The molecule has 1 aliphatic rings. The number of benzene rings is 1. The van der Waals surface area contributed by atoms with E-state index in [9.17, 15) is 0 Å². The quantitative estimate of drug-likeness (QED) is 0.882. The van der Waals surface area contributed by atoms with Crippen LogP contribution in [0.25, 0.3) is 0 Å². The van der Waals surface area contributed by atoms with Crippen molar-refractivity contribution in [3.05, 3.63) is 51.7 Å². The van der Waals surface area contributed by atoms with Crippen LogP contribution in [0.1, 0.15) is 42.3 Å². The molecule has 2 nitrogen and oxygen atoms in total. The lowest BCUT2D eigenvalue weighted by Crippen LogP contribution is -2.31. The number of nitrogens with one attached hydrogen (secondary N) is 1. The molecule has 1 unspecified atom stereocenters. The molecule has 1 aromatic heterocycles. The lowest BCUT2D eigenvalue weighted by Gasteiger charge is -2.32. The molecule has 0 aliphatic carbocycles. The standard InChI is InChI=1S/C18H24N2S/c1-3-10-19-14(2)16-6-4-5-7-17(16)20-11-8-18-15(13-20)9-12-21-18/h4-7,9,12,14,19H,3,8,10-11,13H2,1-2H3. The lowest BCUT2D eigenvalue weighted by molar-refractivity contribution is 0.568. The Bertz CT molecular complexity index is 590. The summed E-state index contributed by atoms with van der Waals surface area (Å²) >= 11 is 1.91. The zero-order valence-electron chi connectivity index (χ0n) is 12.9. The molecule has 0 bridgehead atoms. The molecule has 3 heteroatoms. The van der Waals surface area contributed by atoms with Crippen LogP contribution in [0.5, 0.6) is 0 Å². The average molecular weight is 300 g/mol. The van der Waals surface area contributed by atoms with Gasteiger partial charge in [0, 0.05) is 29.7 Å². The van der Waals surface area contributed by atoms with E-state index in [1.54, 1.807) is 4.88 Å². The molecule has 1 aliphatic heterocycles. The third kappa shape index (κ3) is 3.14. The fourth-order valence-electron chi connectivity index (χ4n) is 3.07. The molecule has 0 fully saturated rings. The van der Waals surface area contributed by atoms with Gasteiger partial charge in [0.1, 0.15) is 0 Å². The van der Waals surface area contributed by atoms with E-state index in [1.165, 1.54) is 29.7 Å². The third-order valence-corrected chi connectivity index (χ3v) is 5.28. The maximum atomic E-state index is 3.62. The highest BCUT2D eigenvalue weighted by Crippen LogP contribution is 2.32. The van der Waals surface area contributed by atoms with Gasteiger partial charge in [-0.25, -0.2) is 0 Å². The molecule has 0 spiro atoms. The average Bonchev–Trinajstić information content (AvgIpc) is 3.00. The Labute approximate surface area is 131 Å². The molecule has 0 amide bonds. The van der Waals surface area contributed by atoms with Gasteiger partial charge in [-0.2, -0.15) is 0 Å². The second-order valence-electron chi connectivity index (χ2n) is 5.78. The molecule has 2 heterocycles. The molecule has 1 atom stereocenters. The van der Waals surface area contributed by atoms with Crippen molar-refractivity contribution in [1.82, 2.24) is 5.32 Å². The molecule has 112 valence electrons. The monoisotopic (exact) mass is 300 g/mol. The highest BCUT2D eigenvalue weighted by Gasteiger charge is 2.20. The van der Waals surface area contributed by atoms with Gasteiger partial charge in [0.15, 0.2) is 0 Å². The van der Waals surface area contributed by atoms with Crippen LogP contribution in [0.2, 0.25) is 0 Å². The van der Waals surface area contributed by atoms with Crippen LogP contribution in [0.3, 0.4) is 0 Å². The van der Waals surface area contributed by atoms with Crippen molar-refractivity contribution in [1.29, 1.82) is 0 Å². The van der Waals surface area contributed by atoms with E-state index in [4.69, 9.17) is 0 Å². The Balaban J connectivity index is 1.82. The van der Waals surface area contributed by atoms with E-state index in [2.05, 4.69) is 59.8 Å². The van der Waals surface area contributed by atoms with Gasteiger partial charge in [-0.1, -0.05) is 25.1 Å². The van der Waals surface area contributed by atoms with Crippen molar-refractivity contribution in [2.24, 2.45) is 0 Å². The number of thiophene rings is 1. The van der Waals surface area contributed by atoms with Gasteiger partial charge in [0.25, 0.3) is 0 Å². The van der Waals surface area contributed by atoms with Gasteiger partial charge < -0.3 is 10.2 Å². The second kappa shape index (κ2) is 6.63. The topological polar surface area (TPSA) is 15.3 Å². The summed E-state index contributed by atoms with van der Waals surface area (Å²) in [5, 5.41) is 5.85. The van der Waals surface area contributed by atoms with Gasteiger partial charge in [-0.3, -0.25) is 0 Å². The maximum Gasteiger partial charge on any atom is 0.0440 e. The maximum absolute atomic E-state index is 3.62. The van der Waals surface area contributed by atoms with Crippen molar-refractivity contribution in [2.45, 2.75) is 39.3 Å². The zero-order chi connectivity index (χ0) is 14.7. The van der Waals surface area contributed by atoms with E-state index < -0.39 is 0 Å². The molecule has 0 saturated heterocycles. The van der Waals surface area contributed by atoms with Crippen LogP contribution in [0.15, 0.2) is 35.7 Å². The van der Waals surface area contributed by atoms with Crippen molar-refractivity contribution < 1.29 is 0 Å². The molecule has 2 aromatic rings. The highest BCUT2D eigenvalue weighted by atomic mass is 32.1. The summed E-state index contributed by atoms with van der Waals surface area (Å²) in [6, 6.07) is 11.6. The van der Waals surface area contributed by atoms with E-state index in [-0.39, 0.29) is 0 Å². The summed E-state index contributed by atoms with van der Waals surface area (Å²) in [5.74, 6) is 0. The van der Waals surface area contributed by atoms with E-state index in [1.807, 2.05) is 11.3 Å². The van der Waals surface area contributed by atoms with Crippen LogP contribution >= 0.6 is 11.3 Å². The highest BCUT2D eigenvalue weighted by molar-refractivity contribution is 7.10. The predicted octanol–water partition coefficient (Wildman–Crippen LogP) is 4.37. The number of hydrogen-bond acceptors (Lipinski definition) is 3. The molecule has 0 saturated carbocycles. The second-order valence-corrected chi connectivity index (χ2v) is 6.78. The summed E-state index contributed by atoms with van der Waals surface area (Å²) < 4.78 is 0. The Hall–Kier alpha value is -1.32. The van der Waals surface area contributed by atoms with E-state index in [0.717, 1.165) is 19.6 Å². The first-order valence-corrected chi connectivity index (χ1v) is 8.80. The van der Waals surface area contributed by atoms with Gasteiger partial charge >= 0.3 is 0 Å². The molecule has 1 aromatic carbocycles. The summed E-state index contributed by atoms with van der Waals surface area (Å²) in [5.41, 5.74) is 4.32. The van der Waals surface area contributed by atoms with Gasteiger partial charge in [0.05, 0.1) is 0 Å². The molecule has 1 N–H and O–H groups in total. The number of anilines is 1. The Morgan fingerprint density at radius 2 is 2.14 bits per heavy atom. The first-order valence-electron chi connectivity index (χ1n) is 7.92. The van der Waals surface area contributed by atoms with Gasteiger partial charge in [-0.15, -0.1) is 11.3 Å². The lowest BCUT2D eigenvalue weighted by atomic mass is 10.0. The molecule has 0 radical (unpaired) electrons. The van der Waals surface area contributed by atoms with Crippen LogP contribution in [0, 0.1) is 0 Å². The van der Waals surface area contributed by atoms with E-state index in [0.29, 0.717) is 6.04 Å². The van der Waals surface area contributed by atoms with Crippen LogP contribution < -0.4 is 10.2 Å². The summed E-state index contributed by atoms with van der Waals surface area (Å²) in [6.07, 6.45) is 2.35. The number of fused-ring (bicyclic) bond motifs is 1. The van der Waals surface area contributed by atoms with Crippen LogP contribution in [0.4, 0.5) is 5.69 Å². The largest absolute Gasteiger partial charge is 0.367 e. The van der Waals surface area contributed by atoms with E-state index >= 15 is 0 Å². The minimum Gasteiger partial charge on any atom is -0.367 e. The Kier molecular flexibility index (Phi) is 4.61. The number of para-hydroxylation sites is 1. The van der Waals surface area contributed by atoms with Crippen molar-refractivity contribution >= 4 is 17.0 Å². The first kappa shape index (κ1) is 14.6. The SMILES string of the molecule is CCCNC(C)c1ccccc1N1CCc2sccc2C1. The normalized spacial score (nSPS) is 15.8. The third-order valence-electron chi connectivity index (χ3n) is 4.25. The fourth-order valence-corrected chi connectivity index (χ4v) is 3.96. The fraction of sp³-hybridized carbons (Fsp3) is 0.444. The Morgan fingerprint density at radius 3 is 3.00 bits per heavy atom. The number of nitrogens with zero attached hydrogens (tertiary/aromatic N) is 1. The first-order chi connectivity index (χ1) is 10.3. The summed E-state index contributed by atoms with van der Waals surface area (Å²) in [6.45, 7) is 7.74. The van der Waals surface area contributed by atoms with Crippen molar-refractivity contribution in [3.63, 3.8) is 0 Å². The summed E-state index contributed by atoms with van der Waals surface area (Å²) in [7, 11) is 0. The van der Waals surface area contributed by atoms with Crippen molar-refractivity contribution in [2.75, 3.05) is 18.0 Å². The minimum absolute atomic E-state index is 0.407. The smallest absolute Gasteiger partial charge is 0.0440 e. The molecule has 3 rings (SSSR count). The van der Waals surface area contributed by atoms with Gasteiger partial charge in [0.2, 0.25) is 0 Å². The van der Waals surface area contributed by atoms with Crippen LogP contribution in [-0.2, 0) is 13.0 Å². The van der Waals surface area contributed by atoms with Gasteiger partial charge in [-0.05, 0) is 54.9 Å². The minimum atomic E-state index is 0.407. The zero-order valence-corrected chi connectivity index (χ0v) is 13.7. The Morgan fingerprint density at radius 1 is 1.29 bits per heavy atom. The van der Waals surface area contributed by atoms with Crippen LogP contribution in [-0.4, -0.2) is 13.1 Å².